The summed E-state index contributed by atoms with van der Waals surface area (Å²) >= 11 is 0. The molecule has 0 radical (unpaired) electrons. The fourth-order valence-electron chi connectivity index (χ4n) is 5.57. The monoisotopic (exact) mass is 503 g/mol. The summed E-state index contributed by atoms with van der Waals surface area (Å²) in [6.07, 6.45) is -2.40. The molecule has 0 atom stereocenters. The second-order valence-corrected chi connectivity index (χ2v) is 10.2. The molecule has 11 heteroatoms. The number of aryl methyl sites for hydroxylation is 2. The van der Waals surface area contributed by atoms with Crippen LogP contribution < -0.4 is 4.90 Å². The third-order valence-corrected chi connectivity index (χ3v) is 7.41. The maximum absolute atomic E-state index is 14.3. The molecule has 6 nitrogen and oxygen atoms in total. The van der Waals surface area contributed by atoms with Crippen LogP contribution in [0.4, 0.5) is 27.8 Å². The molecular weight excluding hydrogens is 481 g/mol. The molecule has 0 bridgehead atoms. The highest BCUT2D eigenvalue weighted by molar-refractivity contribution is 6.10. The Bertz CT molecular complexity index is 1400. The quantitative estimate of drug-likeness (QED) is 0.454. The van der Waals surface area contributed by atoms with E-state index in [0.717, 1.165) is 18.9 Å². The van der Waals surface area contributed by atoms with Crippen molar-refractivity contribution in [3.05, 3.63) is 69.9 Å². The molecule has 0 saturated heterocycles. The predicted octanol–water partition coefficient (Wildman–Crippen LogP) is 5.29. The number of amides is 1. The van der Waals surface area contributed by atoms with Gasteiger partial charge in [-0.15, -0.1) is 10.2 Å². The summed E-state index contributed by atoms with van der Waals surface area (Å²) in [5.74, 6) is -2.82. The van der Waals surface area contributed by atoms with E-state index < -0.39 is 41.8 Å². The average Bonchev–Trinajstić information content (AvgIpc) is 3.47. The first-order valence-corrected chi connectivity index (χ1v) is 11.7. The molecule has 2 aliphatic carbocycles. The van der Waals surface area contributed by atoms with Crippen molar-refractivity contribution in [1.29, 1.82) is 0 Å². The third kappa shape index (κ3) is 3.50. The van der Waals surface area contributed by atoms with Crippen molar-refractivity contribution in [2.24, 2.45) is 7.05 Å². The number of hydrogen-bond acceptors (Lipinski definition) is 4. The summed E-state index contributed by atoms with van der Waals surface area (Å²) < 4.78 is 71.5. The molecular formula is C25H22F5N5O. The minimum Gasteiger partial charge on any atom is -0.320 e. The number of alkyl halides is 5. The van der Waals surface area contributed by atoms with E-state index in [-0.39, 0.29) is 29.4 Å². The normalized spacial score (nSPS) is 20.4. The van der Waals surface area contributed by atoms with Crippen LogP contribution >= 0.6 is 0 Å². The highest BCUT2D eigenvalue weighted by Gasteiger charge is 2.61. The van der Waals surface area contributed by atoms with E-state index in [1.807, 2.05) is 0 Å². The number of aromatic nitrogens is 4. The van der Waals surface area contributed by atoms with Gasteiger partial charge in [-0.25, -0.2) is 13.8 Å². The van der Waals surface area contributed by atoms with Crippen LogP contribution in [0.5, 0.6) is 0 Å². The van der Waals surface area contributed by atoms with Gasteiger partial charge in [-0.1, -0.05) is 0 Å². The Hall–Kier alpha value is -3.37. The molecule has 36 heavy (non-hydrogen) atoms. The Morgan fingerprint density at radius 3 is 2.39 bits per heavy atom. The summed E-state index contributed by atoms with van der Waals surface area (Å²) in [7, 11) is 1.68. The minimum atomic E-state index is -4.62. The van der Waals surface area contributed by atoms with Crippen LogP contribution in [0, 0.1) is 6.92 Å². The van der Waals surface area contributed by atoms with Crippen molar-refractivity contribution in [2.75, 3.05) is 4.90 Å². The Kier molecular flexibility index (Phi) is 4.69. The third-order valence-electron chi connectivity index (χ3n) is 7.41. The van der Waals surface area contributed by atoms with Crippen molar-refractivity contribution < 1.29 is 26.7 Å². The van der Waals surface area contributed by atoms with Crippen LogP contribution in [0.2, 0.25) is 0 Å². The highest BCUT2D eigenvalue weighted by Crippen LogP contribution is 2.57. The van der Waals surface area contributed by atoms with Crippen molar-refractivity contribution >= 4 is 11.7 Å². The smallest absolute Gasteiger partial charge is 0.320 e. The van der Waals surface area contributed by atoms with E-state index in [0.29, 0.717) is 22.6 Å². The van der Waals surface area contributed by atoms with E-state index in [2.05, 4.69) is 15.2 Å². The van der Waals surface area contributed by atoms with Crippen LogP contribution in [-0.2, 0) is 25.2 Å². The van der Waals surface area contributed by atoms with Gasteiger partial charge in [0, 0.05) is 37.1 Å². The lowest BCUT2D eigenvalue weighted by Crippen LogP contribution is -2.51. The SMILES string of the molecule is Cc1cc2c(c(C(F)(F)F)c1)CN(c1cc(C3(c4nncn4C)CC(F)(F)C3)cc(C3CC3)n1)C2=O. The van der Waals surface area contributed by atoms with Crippen molar-refractivity contribution in [1.82, 2.24) is 19.7 Å². The first-order valence-electron chi connectivity index (χ1n) is 11.7. The molecule has 3 aromatic rings. The number of pyridine rings is 1. The fourth-order valence-corrected chi connectivity index (χ4v) is 5.57. The second kappa shape index (κ2) is 7.33. The van der Waals surface area contributed by atoms with E-state index in [4.69, 9.17) is 0 Å². The van der Waals surface area contributed by atoms with E-state index in [1.54, 1.807) is 23.7 Å². The van der Waals surface area contributed by atoms with Crippen molar-refractivity contribution in [2.45, 2.75) is 62.6 Å². The standard InChI is InChI=1S/C25H22F5N5O/c1-13-5-16-17(18(6-13)25(28,29)30)9-35(21(16)36)20-8-15(7-19(32-20)14-3-4-14)23(10-24(26,27)11-23)22-33-31-12-34(22)2/h5-8,12,14H,3-4,9-11H2,1-2H3. The van der Waals surface area contributed by atoms with Gasteiger partial charge >= 0.3 is 6.18 Å². The largest absolute Gasteiger partial charge is 0.416 e. The maximum atomic E-state index is 14.3. The zero-order valence-corrected chi connectivity index (χ0v) is 19.5. The molecule has 6 rings (SSSR count). The average molecular weight is 503 g/mol. The number of carbonyl (C=O) groups excluding carboxylic acids is 1. The molecule has 0 unspecified atom stereocenters. The highest BCUT2D eigenvalue weighted by atomic mass is 19.4. The van der Waals surface area contributed by atoms with E-state index in [1.165, 1.54) is 24.2 Å². The summed E-state index contributed by atoms with van der Waals surface area (Å²) in [6.45, 7) is 1.22. The van der Waals surface area contributed by atoms with E-state index in [9.17, 15) is 26.7 Å². The molecule has 1 aliphatic heterocycles. The van der Waals surface area contributed by atoms with Crippen LogP contribution in [0.3, 0.4) is 0 Å². The van der Waals surface area contributed by atoms with Gasteiger partial charge in [0.25, 0.3) is 11.8 Å². The Labute approximate surface area is 203 Å². The molecule has 2 saturated carbocycles. The fraction of sp³-hybridized carbons (Fsp3) is 0.440. The number of rotatable bonds is 4. The molecule has 0 N–H and O–H groups in total. The first kappa shape index (κ1) is 23.1. The summed E-state index contributed by atoms with van der Waals surface area (Å²) in [6, 6.07) is 5.82. The van der Waals surface area contributed by atoms with Crippen LogP contribution in [0.15, 0.2) is 30.6 Å². The number of fused-ring (bicyclic) bond motifs is 1. The van der Waals surface area contributed by atoms with Crippen molar-refractivity contribution in [3.63, 3.8) is 0 Å². The molecule has 2 aromatic heterocycles. The second-order valence-electron chi connectivity index (χ2n) is 10.2. The molecule has 1 amide bonds. The molecule has 2 fully saturated rings. The topological polar surface area (TPSA) is 63.9 Å². The molecule has 3 aliphatic rings. The van der Waals surface area contributed by atoms with Gasteiger partial charge in [0.1, 0.15) is 18.0 Å². The van der Waals surface area contributed by atoms with Gasteiger partial charge in [-0.3, -0.25) is 9.69 Å². The number of carbonyl (C=O) groups is 1. The number of nitrogens with zero attached hydrogens (tertiary/aromatic N) is 5. The molecule has 3 heterocycles. The summed E-state index contributed by atoms with van der Waals surface area (Å²) in [5, 5.41) is 7.99. The Morgan fingerprint density at radius 1 is 1.08 bits per heavy atom. The lowest BCUT2D eigenvalue weighted by atomic mass is 9.61. The van der Waals surface area contributed by atoms with Gasteiger partial charge in [0.2, 0.25) is 0 Å². The lowest BCUT2D eigenvalue weighted by molar-refractivity contribution is -0.138. The summed E-state index contributed by atoms with van der Waals surface area (Å²) in [5.41, 5.74) is -0.602. The van der Waals surface area contributed by atoms with Crippen molar-refractivity contribution in [3.8, 4) is 0 Å². The van der Waals surface area contributed by atoms with Crippen LogP contribution in [0.1, 0.15) is 75.7 Å². The molecule has 188 valence electrons. The zero-order valence-electron chi connectivity index (χ0n) is 19.5. The zero-order chi connectivity index (χ0) is 25.6. The maximum Gasteiger partial charge on any atom is 0.416 e. The van der Waals surface area contributed by atoms with Crippen LogP contribution in [0.25, 0.3) is 0 Å². The van der Waals surface area contributed by atoms with Gasteiger partial charge in [-0.2, -0.15) is 13.2 Å². The molecule has 0 spiro atoms. The van der Waals surface area contributed by atoms with E-state index >= 15 is 0 Å². The van der Waals surface area contributed by atoms with Gasteiger partial charge in [0.05, 0.1) is 17.5 Å². The Balaban J connectivity index is 1.48. The summed E-state index contributed by atoms with van der Waals surface area (Å²) in [4.78, 5) is 19.2. The lowest BCUT2D eigenvalue weighted by Gasteiger charge is -2.47. The minimum absolute atomic E-state index is 0.0132. The van der Waals surface area contributed by atoms with Gasteiger partial charge in [0.15, 0.2) is 0 Å². The number of anilines is 1. The van der Waals surface area contributed by atoms with Gasteiger partial charge < -0.3 is 4.57 Å². The number of benzene rings is 1. The number of hydrogen-bond donors (Lipinski definition) is 0. The molecule has 1 aromatic carbocycles. The Morgan fingerprint density at radius 2 is 1.81 bits per heavy atom. The predicted molar refractivity (Wildman–Crippen MR) is 119 cm³/mol. The van der Waals surface area contributed by atoms with Crippen LogP contribution in [-0.4, -0.2) is 31.6 Å². The van der Waals surface area contributed by atoms with Gasteiger partial charge in [-0.05, 0) is 60.7 Å². The number of halogens is 5. The first-order chi connectivity index (χ1) is 16.9.